The minimum Gasteiger partial charge on any atom is -0.378 e. The molecule has 2 saturated heterocycles. The molecule has 6 amide bonds. The van der Waals surface area contributed by atoms with Crippen LogP contribution in [0.3, 0.4) is 0 Å². The van der Waals surface area contributed by atoms with Gasteiger partial charge < -0.3 is 103 Å². The lowest BCUT2D eigenvalue weighted by molar-refractivity contribution is -0.124. The molecule has 2 aromatic heterocycles. The summed E-state index contributed by atoms with van der Waals surface area (Å²) in [5.41, 5.74) is 29.3. The van der Waals surface area contributed by atoms with Crippen LogP contribution >= 0.6 is 23.2 Å². The molecular formula is C69H99Cl2N21O12. The number of guanidine groups is 2. The van der Waals surface area contributed by atoms with Crippen molar-refractivity contribution in [3.8, 4) is 22.5 Å². The lowest BCUT2D eigenvalue weighted by Crippen LogP contribution is -2.47. The number of rotatable bonds is 46. The highest BCUT2D eigenvalue weighted by molar-refractivity contribution is 6.32. The number of halogens is 2. The third-order valence-corrected chi connectivity index (χ3v) is 16.6. The third kappa shape index (κ3) is 29.8. The van der Waals surface area contributed by atoms with Crippen molar-refractivity contribution >= 4 is 104 Å². The van der Waals surface area contributed by atoms with Crippen molar-refractivity contribution in [1.82, 2.24) is 66.5 Å². The van der Waals surface area contributed by atoms with Crippen LogP contribution in [0.25, 0.3) is 44.3 Å². The minimum atomic E-state index is -0.321. The molecule has 8 rings (SSSR count). The van der Waals surface area contributed by atoms with E-state index in [0.717, 1.165) is 98.7 Å². The molecule has 4 heterocycles. The second kappa shape index (κ2) is 45.5. The first kappa shape index (κ1) is 81.0. The summed E-state index contributed by atoms with van der Waals surface area (Å²) in [6.45, 7) is 16.6. The van der Waals surface area contributed by atoms with Crippen LogP contribution in [0.5, 0.6) is 0 Å². The van der Waals surface area contributed by atoms with E-state index in [2.05, 4.69) is 106 Å². The van der Waals surface area contributed by atoms with Gasteiger partial charge in [0.2, 0.25) is 11.8 Å². The quantitative estimate of drug-likeness (QED) is 0.0148. The Bertz CT molecular complexity index is 3460. The largest absolute Gasteiger partial charge is 0.378 e. The highest BCUT2D eigenvalue weighted by Gasteiger charge is 2.22. The Morgan fingerprint density at radius 3 is 1.09 bits per heavy atom. The van der Waals surface area contributed by atoms with Gasteiger partial charge in [0.25, 0.3) is 11.9 Å². The second-order valence-corrected chi connectivity index (χ2v) is 24.9. The Kier molecular flexibility index (Phi) is 35.5. The molecule has 33 nitrogen and oxygen atoms in total. The summed E-state index contributed by atoms with van der Waals surface area (Å²) < 4.78 is 45.0. The number of amides is 6. The van der Waals surface area contributed by atoms with Gasteiger partial charge in [0.15, 0.2) is 11.9 Å². The molecule has 2 fully saturated rings. The van der Waals surface area contributed by atoms with Crippen molar-refractivity contribution in [2.24, 2.45) is 32.9 Å². The van der Waals surface area contributed by atoms with Crippen molar-refractivity contribution in [2.45, 2.75) is 0 Å². The highest BCUT2D eigenvalue weighted by Crippen LogP contribution is 2.34. The molecule has 0 radical (unpaired) electrons. The lowest BCUT2D eigenvalue weighted by atomic mass is 10.1. The standard InChI is InChI=1S/C69H99Cl2N21O12/c1-88(48-60(93)76-12-28-97-36-38-99-30-14-78-68(95)80-16-32-101-40-42-103-34-26-89-18-22-91(23-19-89)54-6-2-4-50(44-54)62-56-46-52(70)8-10-58(56)82-66(84-62)86-64(72)73)49-61(94)77-13-29-98-37-39-100-31-15-79-69(96)81-17-33-102-41-43-104-35-27-90-20-24-92(25-21-90)55-7-3-5-51(45-55)63-57-47-53(71)9-11-59(57)83-67(85-63)87-65(74)75/h2-11,44-47H,12-43,48-49H2,1H3,(H,76,93)(H,77,94)(H2,78,80,95)(H2,79,81,96)(H4,72,73,82,84,86)(H4,74,75,83,85,87). The zero-order valence-corrected chi connectivity index (χ0v) is 60.5. The van der Waals surface area contributed by atoms with Crippen LogP contribution in [0.4, 0.5) is 32.9 Å². The topological polar surface area (TPSA) is 411 Å². The molecule has 35 heteroatoms. The van der Waals surface area contributed by atoms with Gasteiger partial charge in [0, 0.05) is 148 Å². The summed E-state index contributed by atoms with van der Waals surface area (Å²) in [4.78, 5) is 86.6. The van der Waals surface area contributed by atoms with Crippen LogP contribution < -0.4 is 64.6 Å². The molecular weight excluding hydrogens is 1390 g/mol. The number of nitrogens with one attached hydrogen (secondary N) is 6. The number of carbonyl (C=O) groups excluding carboxylic acids is 4. The summed E-state index contributed by atoms with van der Waals surface area (Å²) in [5, 5.41) is 19.3. The summed E-state index contributed by atoms with van der Waals surface area (Å²) in [7, 11) is 1.68. The van der Waals surface area contributed by atoms with Gasteiger partial charge in [-0.15, -0.1) is 0 Å². The van der Waals surface area contributed by atoms with E-state index in [-0.39, 0.29) is 74.0 Å². The second-order valence-electron chi connectivity index (χ2n) is 24.0. The Labute approximate surface area is 615 Å². The van der Waals surface area contributed by atoms with E-state index in [1.807, 2.05) is 48.5 Å². The van der Waals surface area contributed by atoms with Crippen molar-refractivity contribution in [2.75, 3.05) is 240 Å². The normalized spacial score (nSPS) is 13.5. The molecule has 6 aromatic rings. The van der Waals surface area contributed by atoms with Gasteiger partial charge in [-0.05, 0) is 67.7 Å². The molecule has 14 N–H and O–H groups in total. The number of carbonyl (C=O) groups is 4. The number of nitrogens with zero attached hydrogens (tertiary/aromatic N) is 11. The molecule has 0 bridgehead atoms. The van der Waals surface area contributed by atoms with Crippen LogP contribution in [-0.2, 0) is 47.5 Å². The minimum absolute atomic E-state index is 0.0301. The van der Waals surface area contributed by atoms with Crippen LogP contribution in [0.15, 0.2) is 94.9 Å². The van der Waals surface area contributed by atoms with Gasteiger partial charge in [-0.3, -0.25) is 24.3 Å². The third-order valence-electron chi connectivity index (χ3n) is 16.1. The van der Waals surface area contributed by atoms with E-state index in [1.165, 1.54) is 0 Å². The molecule has 0 saturated carbocycles. The zero-order valence-electron chi connectivity index (χ0n) is 59.0. The molecule has 0 atom stereocenters. The number of hydrogen-bond acceptors (Lipinski definition) is 23. The lowest BCUT2D eigenvalue weighted by Gasteiger charge is -2.36. The number of urea groups is 2. The molecule has 0 aliphatic carbocycles. The van der Waals surface area contributed by atoms with E-state index < -0.39 is 0 Å². The average molecular weight is 1490 g/mol. The average Bonchev–Trinajstić information content (AvgIpc) is 0.787. The van der Waals surface area contributed by atoms with Gasteiger partial charge in [-0.2, -0.15) is 9.98 Å². The van der Waals surface area contributed by atoms with E-state index >= 15 is 0 Å². The van der Waals surface area contributed by atoms with Crippen LogP contribution in [-0.4, -0.2) is 301 Å². The molecule has 4 aromatic carbocycles. The predicted octanol–water partition coefficient (Wildman–Crippen LogP) is 1.86. The number of nitrogens with two attached hydrogens (primary N) is 4. The van der Waals surface area contributed by atoms with Gasteiger partial charge in [0.1, 0.15) is 0 Å². The Morgan fingerprint density at radius 1 is 0.423 bits per heavy atom. The Hall–Kier alpha value is -8.68. The predicted molar refractivity (Wildman–Crippen MR) is 401 cm³/mol. The Balaban J connectivity index is 0.512. The zero-order chi connectivity index (χ0) is 73.5. The SMILES string of the molecule is CN(CC(=O)NCCOCCOCCNC(=O)NCCOCCOCCN1CCN(c2cccc(-c3nc(N=C(N)N)nc4ccc(Cl)cc34)c2)CC1)CC(=O)NCCOCCOCCNC(=O)NCCOCCOCCN1CCN(c2cccc(-c3nc(N=C(N)N)nc4ccc(Cl)cc34)c2)CC1. The number of ether oxygens (including phenoxy) is 8. The van der Waals surface area contributed by atoms with Gasteiger partial charge >= 0.3 is 12.1 Å². The maximum absolute atomic E-state index is 12.4. The van der Waals surface area contributed by atoms with Crippen molar-refractivity contribution in [3.63, 3.8) is 0 Å². The molecule has 0 spiro atoms. The van der Waals surface area contributed by atoms with Crippen LogP contribution in [0.2, 0.25) is 10.0 Å². The number of anilines is 2. The number of piperazine rings is 2. The smallest absolute Gasteiger partial charge is 0.314 e. The number of benzene rings is 4. The van der Waals surface area contributed by atoms with Gasteiger partial charge in [0.05, 0.1) is 141 Å². The molecule has 2 aliphatic heterocycles. The van der Waals surface area contributed by atoms with E-state index in [4.69, 9.17) is 84.0 Å². The van der Waals surface area contributed by atoms with E-state index in [0.29, 0.717) is 164 Å². The fourth-order valence-corrected chi connectivity index (χ4v) is 11.4. The molecule has 0 unspecified atom stereocenters. The Morgan fingerprint density at radius 2 is 0.750 bits per heavy atom. The summed E-state index contributed by atoms with van der Waals surface area (Å²) in [6.07, 6.45) is 0. The maximum Gasteiger partial charge on any atom is 0.314 e. The van der Waals surface area contributed by atoms with E-state index in [9.17, 15) is 19.2 Å². The number of aliphatic imine (C=N–C) groups is 2. The summed E-state index contributed by atoms with van der Waals surface area (Å²) in [6, 6.07) is 26.7. The fourth-order valence-electron chi connectivity index (χ4n) is 11.0. The summed E-state index contributed by atoms with van der Waals surface area (Å²) >= 11 is 12.7. The highest BCUT2D eigenvalue weighted by atomic mass is 35.5. The number of hydrogen-bond donors (Lipinski definition) is 10. The first-order chi connectivity index (χ1) is 50.6. The van der Waals surface area contributed by atoms with Gasteiger partial charge in [-0.25, -0.2) is 29.5 Å². The van der Waals surface area contributed by atoms with Crippen molar-refractivity contribution in [1.29, 1.82) is 0 Å². The van der Waals surface area contributed by atoms with Crippen molar-refractivity contribution in [3.05, 3.63) is 95.0 Å². The molecule has 2 aliphatic rings. The summed E-state index contributed by atoms with van der Waals surface area (Å²) in [5.74, 6) is -0.370. The first-order valence-corrected chi connectivity index (χ1v) is 35.5. The number of aromatic nitrogens is 4. The molecule has 566 valence electrons. The van der Waals surface area contributed by atoms with Crippen molar-refractivity contribution < 1.29 is 57.1 Å². The monoisotopic (exact) mass is 1480 g/mol. The number of likely N-dealkylation sites (N-methyl/N-ethyl adjacent to an activating group) is 1. The number of fused-ring (bicyclic) bond motifs is 2. The first-order valence-electron chi connectivity index (χ1n) is 34.8. The van der Waals surface area contributed by atoms with E-state index in [1.54, 1.807) is 24.1 Å². The van der Waals surface area contributed by atoms with Gasteiger partial charge in [-0.1, -0.05) is 47.5 Å². The maximum atomic E-state index is 12.4. The fraction of sp³-hybridized carbons (Fsp3) is 0.507. The van der Waals surface area contributed by atoms with Crippen LogP contribution in [0.1, 0.15) is 0 Å². The molecule has 104 heavy (non-hydrogen) atoms. The van der Waals surface area contributed by atoms with Crippen LogP contribution in [0, 0.1) is 0 Å².